The number of rotatable bonds is 4. The van der Waals surface area contributed by atoms with E-state index in [1.54, 1.807) is 6.07 Å². The van der Waals surface area contributed by atoms with Gasteiger partial charge in [-0.15, -0.1) is 0 Å². The lowest BCUT2D eigenvalue weighted by molar-refractivity contribution is 0.456. The summed E-state index contributed by atoms with van der Waals surface area (Å²) in [5.41, 5.74) is 4.30. The lowest BCUT2D eigenvalue weighted by atomic mass is 10.1. The van der Waals surface area contributed by atoms with Gasteiger partial charge in [-0.1, -0.05) is 17.7 Å². The van der Waals surface area contributed by atoms with E-state index in [2.05, 4.69) is 37.1 Å². The Morgan fingerprint density at radius 1 is 1.20 bits per heavy atom. The zero-order valence-electron chi connectivity index (χ0n) is 12.2. The Labute approximate surface area is 124 Å². The number of halogens is 1. The average Bonchev–Trinajstić information content (AvgIpc) is 2.39. The van der Waals surface area contributed by atoms with Crippen LogP contribution in [0.1, 0.15) is 22.4 Å². The number of pyridine rings is 1. The van der Waals surface area contributed by atoms with E-state index in [-0.39, 0.29) is 0 Å². The van der Waals surface area contributed by atoms with E-state index in [4.69, 9.17) is 16.3 Å². The van der Waals surface area contributed by atoms with Gasteiger partial charge in [0.15, 0.2) is 0 Å². The second-order valence-electron chi connectivity index (χ2n) is 4.92. The Hall–Kier alpha value is -1.58. The number of hydrogen-bond acceptors (Lipinski definition) is 3. The third kappa shape index (κ3) is 3.30. The van der Waals surface area contributed by atoms with E-state index >= 15 is 0 Å². The zero-order chi connectivity index (χ0) is 14.7. The first-order valence-electron chi connectivity index (χ1n) is 6.57. The quantitative estimate of drug-likeness (QED) is 0.917. The third-order valence-electron chi connectivity index (χ3n) is 3.22. The van der Waals surface area contributed by atoms with Crippen LogP contribution in [0.15, 0.2) is 24.3 Å². The van der Waals surface area contributed by atoms with Crippen molar-refractivity contribution >= 4 is 11.6 Å². The summed E-state index contributed by atoms with van der Waals surface area (Å²) in [5, 5.41) is 3.69. The first-order chi connectivity index (χ1) is 9.51. The maximum atomic E-state index is 6.10. The van der Waals surface area contributed by atoms with Gasteiger partial charge in [0.1, 0.15) is 5.75 Å². The molecule has 0 saturated carbocycles. The molecule has 3 nitrogen and oxygen atoms in total. The Bertz CT molecular complexity index is 626. The Balaban J connectivity index is 2.33. The highest BCUT2D eigenvalue weighted by molar-refractivity contribution is 6.31. The van der Waals surface area contributed by atoms with E-state index < -0.39 is 0 Å². The molecule has 1 N–H and O–H groups in total. The second-order valence-corrected chi connectivity index (χ2v) is 5.32. The summed E-state index contributed by atoms with van der Waals surface area (Å²) in [7, 11) is 1.86. The van der Waals surface area contributed by atoms with Gasteiger partial charge in [0.2, 0.25) is 5.88 Å². The molecule has 1 aromatic heterocycles. The average molecular weight is 291 g/mol. The molecule has 0 bridgehead atoms. The molecular formula is C16H19ClN2O. The summed E-state index contributed by atoms with van der Waals surface area (Å²) in [6.45, 7) is 6.80. The summed E-state index contributed by atoms with van der Waals surface area (Å²) in [4.78, 5) is 4.44. The Kier molecular flexibility index (Phi) is 4.63. The van der Waals surface area contributed by atoms with Crippen LogP contribution < -0.4 is 10.1 Å². The molecule has 0 radical (unpaired) electrons. The van der Waals surface area contributed by atoms with Gasteiger partial charge in [-0.3, -0.25) is 0 Å². The van der Waals surface area contributed by atoms with Gasteiger partial charge >= 0.3 is 0 Å². The maximum Gasteiger partial charge on any atom is 0.219 e. The molecule has 0 atom stereocenters. The van der Waals surface area contributed by atoms with E-state index in [1.165, 1.54) is 11.1 Å². The molecule has 0 spiro atoms. The highest BCUT2D eigenvalue weighted by atomic mass is 35.5. The van der Waals surface area contributed by atoms with Crippen LogP contribution in [0.25, 0.3) is 0 Å². The fourth-order valence-electron chi connectivity index (χ4n) is 2.03. The minimum atomic E-state index is 0.563. The molecule has 20 heavy (non-hydrogen) atoms. The molecule has 2 aromatic rings. The van der Waals surface area contributed by atoms with Gasteiger partial charge < -0.3 is 10.1 Å². The SMILES string of the molecule is CNCc1nc(Oc2cc(C)cc(C)c2C)ccc1Cl. The number of nitrogens with one attached hydrogen (secondary N) is 1. The topological polar surface area (TPSA) is 34.2 Å². The number of aromatic nitrogens is 1. The van der Waals surface area contributed by atoms with E-state index in [9.17, 15) is 0 Å². The maximum absolute atomic E-state index is 6.10. The molecule has 0 amide bonds. The largest absolute Gasteiger partial charge is 0.439 e. The first kappa shape index (κ1) is 14.8. The molecule has 0 saturated heterocycles. The Morgan fingerprint density at radius 2 is 1.95 bits per heavy atom. The van der Waals surface area contributed by atoms with Crippen molar-refractivity contribution in [2.45, 2.75) is 27.3 Å². The second kappa shape index (κ2) is 6.25. The Morgan fingerprint density at radius 3 is 2.65 bits per heavy atom. The van der Waals surface area contributed by atoms with Crippen LogP contribution in [-0.4, -0.2) is 12.0 Å². The van der Waals surface area contributed by atoms with Crippen molar-refractivity contribution in [1.29, 1.82) is 0 Å². The molecule has 2 rings (SSSR count). The number of benzene rings is 1. The van der Waals surface area contributed by atoms with Crippen LogP contribution in [0.2, 0.25) is 5.02 Å². The monoisotopic (exact) mass is 290 g/mol. The van der Waals surface area contributed by atoms with Crippen LogP contribution in [0.5, 0.6) is 11.6 Å². The zero-order valence-corrected chi connectivity index (χ0v) is 13.0. The van der Waals surface area contributed by atoms with Gasteiger partial charge in [-0.25, -0.2) is 4.98 Å². The normalized spacial score (nSPS) is 10.7. The van der Waals surface area contributed by atoms with Gasteiger partial charge in [0, 0.05) is 12.6 Å². The number of ether oxygens (including phenoxy) is 1. The molecule has 106 valence electrons. The number of hydrogen-bond donors (Lipinski definition) is 1. The predicted molar refractivity (Wildman–Crippen MR) is 82.7 cm³/mol. The van der Waals surface area contributed by atoms with Crippen LogP contribution >= 0.6 is 11.6 Å². The van der Waals surface area contributed by atoms with Crippen molar-refractivity contribution in [3.63, 3.8) is 0 Å². The minimum absolute atomic E-state index is 0.563. The molecule has 1 heterocycles. The highest BCUT2D eigenvalue weighted by Crippen LogP contribution is 2.28. The molecule has 1 aromatic carbocycles. The summed E-state index contributed by atoms with van der Waals surface area (Å²) in [6, 6.07) is 7.77. The fourth-order valence-corrected chi connectivity index (χ4v) is 2.20. The minimum Gasteiger partial charge on any atom is -0.439 e. The van der Waals surface area contributed by atoms with Crippen molar-refractivity contribution in [1.82, 2.24) is 10.3 Å². The highest BCUT2D eigenvalue weighted by Gasteiger charge is 2.08. The smallest absolute Gasteiger partial charge is 0.219 e. The standard InChI is InChI=1S/C16H19ClN2O/c1-10-7-11(2)12(3)15(8-10)20-16-6-5-13(17)14(19-16)9-18-4/h5-8,18H,9H2,1-4H3. The molecular weight excluding hydrogens is 272 g/mol. The van der Waals surface area contributed by atoms with Crippen molar-refractivity contribution in [3.8, 4) is 11.6 Å². The first-order valence-corrected chi connectivity index (χ1v) is 6.94. The summed E-state index contributed by atoms with van der Waals surface area (Å²) in [6.07, 6.45) is 0. The molecule has 0 aliphatic carbocycles. The van der Waals surface area contributed by atoms with Gasteiger partial charge in [-0.2, -0.15) is 0 Å². The number of nitrogens with zero attached hydrogens (tertiary/aromatic N) is 1. The molecule has 0 aliphatic rings. The molecule has 0 unspecified atom stereocenters. The van der Waals surface area contributed by atoms with Crippen LogP contribution in [0, 0.1) is 20.8 Å². The van der Waals surface area contributed by atoms with Crippen LogP contribution in [-0.2, 0) is 6.54 Å². The fraction of sp³-hybridized carbons (Fsp3) is 0.312. The van der Waals surface area contributed by atoms with Crippen molar-refractivity contribution in [3.05, 3.63) is 51.7 Å². The predicted octanol–water partition coefficient (Wildman–Crippen LogP) is 4.17. The molecule has 0 fully saturated rings. The number of aryl methyl sites for hydroxylation is 2. The summed E-state index contributed by atoms with van der Waals surface area (Å²) in [5.74, 6) is 1.40. The van der Waals surface area contributed by atoms with Crippen molar-refractivity contribution in [2.75, 3.05) is 7.05 Å². The van der Waals surface area contributed by atoms with E-state index in [0.717, 1.165) is 17.0 Å². The van der Waals surface area contributed by atoms with E-state index in [1.807, 2.05) is 19.2 Å². The molecule has 4 heteroatoms. The van der Waals surface area contributed by atoms with Crippen molar-refractivity contribution < 1.29 is 4.74 Å². The third-order valence-corrected chi connectivity index (χ3v) is 3.56. The van der Waals surface area contributed by atoms with Gasteiger partial charge in [0.05, 0.1) is 10.7 Å². The van der Waals surface area contributed by atoms with E-state index in [0.29, 0.717) is 17.4 Å². The lowest BCUT2D eigenvalue weighted by Crippen LogP contribution is -2.08. The van der Waals surface area contributed by atoms with Gasteiger partial charge in [0.25, 0.3) is 0 Å². The van der Waals surface area contributed by atoms with Crippen molar-refractivity contribution in [2.24, 2.45) is 0 Å². The van der Waals surface area contributed by atoms with Crippen LogP contribution in [0.4, 0.5) is 0 Å². The molecule has 0 aliphatic heterocycles. The van der Waals surface area contributed by atoms with Crippen LogP contribution in [0.3, 0.4) is 0 Å². The lowest BCUT2D eigenvalue weighted by Gasteiger charge is -2.12. The summed E-state index contributed by atoms with van der Waals surface area (Å²) < 4.78 is 5.92. The summed E-state index contributed by atoms with van der Waals surface area (Å²) >= 11 is 6.10. The van der Waals surface area contributed by atoms with Gasteiger partial charge in [-0.05, 0) is 56.6 Å².